The van der Waals surface area contributed by atoms with Crippen LogP contribution in [0, 0.1) is 10.1 Å². The maximum atomic E-state index is 13.7. The number of nitrogens with two attached hydrogens (primary N) is 2. The molecule has 25 nitrogen and oxygen atoms in total. The molecule has 0 saturated heterocycles. The molecular formula is C38H27N9O16S4. The van der Waals surface area contributed by atoms with Gasteiger partial charge in [0.15, 0.2) is 11.4 Å². The Hall–Kier alpha value is -7.90. The van der Waals surface area contributed by atoms with Crippen molar-refractivity contribution >= 4 is 115 Å². The molecule has 0 aromatic heterocycles. The first-order chi connectivity index (χ1) is 31.2. The monoisotopic (exact) mass is 993 g/mol. The largest absolute Gasteiger partial charge is 0.398 e. The van der Waals surface area contributed by atoms with E-state index in [0.717, 1.165) is 36.4 Å². The van der Waals surface area contributed by atoms with E-state index >= 15 is 0 Å². The molecule has 0 aliphatic heterocycles. The predicted octanol–water partition coefficient (Wildman–Crippen LogP) is 5.12. The number of nitrogen functional groups attached to an aromatic ring is 2. The molecule has 0 spiro atoms. The molecular weight excluding hydrogens is 967 g/mol. The number of ketones is 2. The van der Waals surface area contributed by atoms with Gasteiger partial charge in [-0.1, -0.05) is 24.3 Å². The van der Waals surface area contributed by atoms with Gasteiger partial charge < -0.3 is 11.5 Å². The number of allylic oxidation sites excluding steroid dienone is 2. The summed E-state index contributed by atoms with van der Waals surface area (Å²) >= 11 is 0. The van der Waals surface area contributed by atoms with E-state index in [4.69, 9.17) is 11.5 Å². The number of carbonyl (C=O) groups excluding carboxylic acids is 2. The third kappa shape index (κ3) is 9.73. The Morgan fingerprint density at radius 1 is 0.582 bits per heavy atom. The molecule has 7 rings (SSSR count). The highest BCUT2D eigenvalue weighted by Gasteiger charge is 2.36. The van der Waals surface area contributed by atoms with Crippen molar-refractivity contribution in [1.82, 2.24) is 0 Å². The molecule has 0 amide bonds. The van der Waals surface area contributed by atoms with Crippen LogP contribution in [0.1, 0.15) is 31.8 Å². The summed E-state index contributed by atoms with van der Waals surface area (Å²) in [6.45, 7) is 0. The topological polar surface area (TPSA) is 420 Å². The van der Waals surface area contributed by atoms with Crippen molar-refractivity contribution in [2.45, 2.75) is 9.79 Å². The first-order valence-electron chi connectivity index (χ1n) is 18.1. The Balaban J connectivity index is 1.11. The molecule has 5 aromatic rings. The van der Waals surface area contributed by atoms with Crippen LogP contribution in [-0.2, 0) is 40.5 Å². The van der Waals surface area contributed by atoms with Crippen LogP contribution in [0.5, 0.6) is 0 Å². The summed E-state index contributed by atoms with van der Waals surface area (Å²) in [4.78, 5) is 33.6. The number of hydrogen-bond acceptors (Lipinski definition) is 20. The fourth-order valence-corrected chi connectivity index (χ4v) is 8.98. The van der Waals surface area contributed by atoms with Gasteiger partial charge in [-0.25, -0.2) is 0 Å². The average molecular weight is 994 g/mol. The van der Waals surface area contributed by atoms with Crippen molar-refractivity contribution in [2.75, 3.05) is 22.3 Å². The number of benzene rings is 5. The number of nitrogens with one attached hydrogen (secondary N) is 2. The molecule has 344 valence electrons. The number of nitro groups is 1. The SMILES string of the molecule is Nc1ccc2c(c1N=Nc1ccc([N+](=O)[O-])cc1S(=O)(=O)O)C=C(S(=O)(=O)O)/C(=N\Nc1ccc(-c3ccc(N/N=C4/C(=O)c5c(N)cc(S(=O)(=O)O)cc5C=C4S(=O)(=O)O)cc3)cc1)C2=O. The van der Waals surface area contributed by atoms with Gasteiger partial charge in [0.2, 0.25) is 11.6 Å². The van der Waals surface area contributed by atoms with Crippen LogP contribution >= 0.6 is 0 Å². The number of rotatable bonds is 12. The molecule has 2 aliphatic carbocycles. The normalized spacial score (nSPS) is 15.5. The third-order valence-corrected chi connectivity index (χ3v) is 13.0. The minimum absolute atomic E-state index is 0.210. The second-order valence-corrected chi connectivity index (χ2v) is 19.5. The minimum atomic E-state index is -5.20. The molecule has 0 atom stereocenters. The number of carbonyl (C=O) groups is 2. The van der Waals surface area contributed by atoms with Gasteiger partial charge in [0.25, 0.3) is 46.2 Å². The maximum Gasteiger partial charge on any atom is 0.297 e. The lowest BCUT2D eigenvalue weighted by molar-refractivity contribution is -0.385. The lowest BCUT2D eigenvalue weighted by Gasteiger charge is -2.18. The predicted molar refractivity (Wildman–Crippen MR) is 240 cm³/mol. The van der Waals surface area contributed by atoms with Crippen LogP contribution in [0.4, 0.5) is 39.8 Å². The summed E-state index contributed by atoms with van der Waals surface area (Å²) < 4.78 is 136. The second-order valence-electron chi connectivity index (χ2n) is 13.9. The number of hydrogen-bond donors (Lipinski definition) is 8. The second kappa shape index (κ2) is 17.1. The van der Waals surface area contributed by atoms with Crippen LogP contribution in [0.25, 0.3) is 23.3 Å². The molecule has 29 heteroatoms. The zero-order valence-electron chi connectivity index (χ0n) is 33.0. The summed E-state index contributed by atoms with van der Waals surface area (Å²) in [5.74, 6) is -2.13. The van der Waals surface area contributed by atoms with E-state index in [0.29, 0.717) is 17.2 Å². The van der Waals surface area contributed by atoms with Crippen LogP contribution in [0.15, 0.2) is 131 Å². The van der Waals surface area contributed by atoms with E-state index in [1.165, 1.54) is 36.4 Å². The van der Waals surface area contributed by atoms with Gasteiger partial charge in [-0.05, 0) is 83.4 Å². The maximum absolute atomic E-state index is 13.7. The summed E-state index contributed by atoms with van der Waals surface area (Å²) in [6, 6.07) is 18.6. The van der Waals surface area contributed by atoms with Crippen LogP contribution in [0.3, 0.4) is 0 Å². The van der Waals surface area contributed by atoms with Crippen molar-refractivity contribution in [3.63, 3.8) is 0 Å². The number of azo groups is 1. The third-order valence-electron chi connectivity index (χ3n) is 9.59. The number of non-ortho nitro benzene ring substituents is 1. The van der Waals surface area contributed by atoms with Gasteiger partial charge in [-0.2, -0.15) is 43.9 Å². The molecule has 0 heterocycles. The van der Waals surface area contributed by atoms with Gasteiger partial charge in [0, 0.05) is 28.9 Å². The molecule has 5 aromatic carbocycles. The van der Waals surface area contributed by atoms with Gasteiger partial charge in [0.1, 0.15) is 26.1 Å². The molecule has 0 radical (unpaired) electrons. The van der Waals surface area contributed by atoms with Crippen LogP contribution in [0.2, 0.25) is 0 Å². The summed E-state index contributed by atoms with van der Waals surface area (Å²) in [7, 11) is -20.2. The Labute approximate surface area is 377 Å². The first kappa shape index (κ1) is 47.1. The lowest BCUT2D eigenvalue weighted by Crippen LogP contribution is -2.28. The van der Waals surface area contributed by atoms with E-state index in [1.54, 1.807) is 24.3 Å². The van der Waals surface area contributed by atoms with Gasteiger partial charge in [0.05, 0.1) is 32.4 Å². The van der Waals surface area contributed by atoms with E-state index in [9.17, 15) is 71.6 Å². The van der Waals surface area contributed by atoms with Crippen LogP contribution in [-0.4, -0.2) is 79.8 Å². The number of hydrazone groups is 2. The molecule has 0 bridgehead atoms. The van der Waals surface area contributed by atoms with Crippen molar-refractivity contribution in [3.05, 3.63) is 133 Å². The highest BCUT2D eigenvalue weighted by molar-refractivity contribution is 7.91. The first-order valence-corrected chi connectivity index (χ1v) is 23.9. The van der Waals surface area contributed by atoms with E-state index in [1.807, 2.05) is 0 Å². The number of nitro benzene ring substituents is 1. The van der Waals surface area contributed by atoms with Crippen molar-refractivity contribution < 1.29 is 66.4 Å². The molecule has 0 saturated carbocycles. The number of nitrogens with zero attached hydrogens (tertiary/aromatic N) is 5. The number of anilines is 4. The molecule has 0 unspecified atom stereocenters. The molecule has 10 N–H and O–H groups in total. The van der Waals surface area contributed by atoms with E-state index < -0.39 is 105 Å². The average Bonchev–Trinajstić information content (AvgIpc) is 3.24. The van der Waals surface area contributed by atoms with Gasteiger partial charge >= 0.3 is 0 Å². The standard InChI is InChI=1S/C38H27N9O16S4/c39-27-11-10-25-26(34(27)44-43-29-12-9-23(47(50)51)15-30(29)65(55,56)57)17-32(67(61,62)63)35(37(25)48)45-41-21-5-1-18(2-6-21)19-3-7-22(8-4-19)42-46-36-31(66(58,59)60)14-20-13-24(64(52,53)54)16-28(40)33(20)38(36)49/h1-17,41-42H,39-40H2,(H,52,53,54)(H,55,56,57)(H,58,59,60)(H,61,62,63)/b44-43?,45-35+,46-36+. The van der Waals surface area contributed by atoms with Gasteiger partial charge in [-0.3, -0.25) is 48.8 Å². The lowest BCUT2D eigenvalue weighted by atomic mass is 9.92. The summed E-state index contributed by atoms with van der Waals surface area (Å²) in [5, 5.41) is 26.6. The van der Waals surface area contributed by atoms with Crippen molar-refractivity contribution in [1.29, 1.82) is 0 Å². The fraction of sp³-hybridized carbons (Fsp3) is 0. The Morgan fingerprint density at radius 2 is 1.12 bits per heavy atom. The number of fused-ring (bicyclic) bond motifs is 2. The van der Waals surface area contributed by atoms with Crippen molar-refractivity contribution in [3.8, 4) is 11.1 Å². The Bertz CT molecular complexity index is 3650. The zero-order chi connectivity index (χ0) is 49.0. The quantitative estimate of drug-likeness (QED) is 0.0264. The Morgan fingerprint density at radius 3 is 1.63 bits per heavy atom. The van der Waals surface area contributed by atoms with Gasteiger partial charge in [-0.15, -0.1) is 10.2 Å². The molecule has 2 aliphatic rings. The highest BCUT2D eigenvalue weighted by atomic mass is 32.2. The van der Waals surface area contributed by atoms with Crippen LogP contribution < -0.4 is 22.3 Å². The Kier molecular flexibility index (Phi) is 12.0. The summed E-state index contributed by atoms with van der Waals surface area (Å²) in [6.07, 6.45) is 1.59. The molecule has 67 heavy (non-hydrogen) atoms. The van der Waals surface area contributed by atoms with E-state index in [2.05, 4.69) is 31.3 Å². The highest BCUT2D eigenvalue weighted by Crippen LogP contribution is 2.39. The van der Waals surface area contributed by atoms with Crippen molar-refractivity contribution in [2.24, 2.45) is 20.4 Å². The summed E-state index contributed by atoms with van der Waals surface area (Å²) in [5.41, 5.74) is 13.6. The molecule has 0 fully saturated rings. The van der Waals surface area contributed by atoms with E-state index in [-0.39, 0.29) is 45.0 Å². The fourth-order valence-electron chi connectivity index (χ4n) is 6.47. The zero-order valence-corrected chi connectivity index (χ0v) is 36.3. The number of Topliss-reactive ketones (excluding diaryl/α,β-unsaturated/α-hetero) is 2. The smallest absolute Gasteiger partial charge is 0.297 e. The minimum Gasteiger partial charge on any atom is -0.398 e.